The summed E-state index contributed by atoms with van der Waals surface area (Å²) < 4.78 is 59.1. The van der Waals surface area contributed by atoms with Crippen LogP contribution >= 0.6 is 0 Å². The molecule has 3 rings (SSSR count). The van der Waals surface area contributed by atoms with Crippen molar-refractivity contribution < 1.29 is 21.9 Å². The van der Waals surface area contributed by atoms with Gasteiger partial charge in [0.25, 0.3) is 0 Å². The summed E-state index contributed by atoms with van der Waals surface area (Å²) in [4.78, 5) is 3.30. The number of sulfonamides is 1. The van der Waals surface area contributed by atoms with Crippen LogP contribution < -0.4 is 9.46 Å². The summed E-state index contributed by atoms with van der Waals surface area (Å²) in [5, 5.41) is 0. The molecule has 2 aromatic carbocycles. The van der Waals surface area contributed by atoms with Crippen LogP contribution in [0.15, 0.2) is 71.8 Å². The predicted octanol–water partition coefficient (Wildman–Crippen LogP) is 3.63. The maximum absolute atomic E-state index is 13.7. The molecule has 0 aliphatic heterocycles. The predicted molar refractivity (Wildman–Crippen MR) is 91.1 cm³/mol. The van der Waals surface area contributed by atoms with Crippen molar-refractivity contribution in [2.24, 2.45) is 0 Å². The van der Waals surface area contributed by atoms with Gasteiger partial charge in [-0.15, -0.1) is 0 Å². The lowest BCUT2D eigenvalue weighted by atomic mass is 10.2. The van der Waals surface area contributed by atoms with Gasteiger partial charge in [-0.3, -0.25) is 0 Å². The molecule has 0 atom stereocenters. The molecule has 0 aliphatic rings. The molecule has 1 N–H and O–H groups in total. The highest BCUT2D eigenvalue weighted by Gasteiger charge is 2.19. The molecule has 0 saturated carbocycles. The monoisotopic (exact) mass is 376 g/mol. The number of hydrogen-bond acceptors (Lipinski definition) is 4. The fraction of sp³-hybridized carbons (Fsp3) is 0.0556. The molecule has 26 heavy (non-hydrogen) atoms. The van der Waals surface area contributed by atoms with Gasteiger partial charge in [0, 0.05) is 18.8 Å². The molecule has 0 aliphatic carbocycles. The second-order valence-electron chi connectivity index (χ2n) is 5.32. The molecule has 0 radical (unpaired) electrons. The van der Waals surface area contributed by atoms with Crippen LogP contribution in [0.25, 0.3) is 0 Å². The van der Waals surface area contributed by atoms with Crippen molar-refractivity contribution >= 4 is 10.0 Å². The van der Waals surface area contributed by atoms with Crippen LogP contribution in [0.4, 0.5) is 8.78 Å². The number of nitrogens with one attached hydrogen (secondary N) is 1. The van der Waals surface area contributed by atoms with E-state index in [0.29, 0.717) is 23.3 Å². The van der Waals surface area contributed by atoms with Crippen LogP contribution in [-0.4, -0.2) is 13.4 Å². The zero-order chi connectivity index (χ0) is 18.6. The highest BCUT2D eigenvalue weighted by molar-refractivity contribution is 7.89. The van der Waals surface area contributed by atoms with Gasteiger partial charge < -0.3 is 4.74 Å². The second kappa shape index (κ2) is 7.59. The first-order valence-corrected chi connectivity index (χ1v) is 9.05. The number of nitrogens with zero attached hydrogens (tertiary/aromatic N) is 1. The topological polar surface area (TPSA) is 68.3 Å². The highest BCUT2D eigenvalue weighted by atomic mass is 32.2. The summed E-state index contributed by atoms with van der Waals surface area (Å²) >= 11 is 0. The maximum Gasteiger partial charge on any atom is 0.243 e. The van der Waals surface area contributed by atoms with Crippen LogP contribution in [0.3, 0.4) is 0 Å². The van der Waals surface area contributed by atoms with Gasteiger partial charge in [0.15, 0.2) is 0 Å². The Hall–Kier alpha value is -2.84. The Morgan fingerprint density at radius 2 is 1.85 bits per heavy atom. The van der Waals surface area contributed by atoms with Crippen LogP contribution in [-0.2, 0) is 16.6 Å². The smallest absolute Gasteiger partial charge is 0.243 e. The minimum Gasteiger partial charge on any atom is -0.439 e. The van der Waals surface area contributed by atoms with Crippen molar-refractivity contribution in [3.05, 3.63) is 84.1 Å². The van der Waals surface area contributed by atoms with E-state index in [-0.39, 0.29) is 6.54 Å². The number of benzene rings is 2. The van der Waals surface area contributed by atoms with Crippen molar-refractivity contribution in [1.29, 1.82) is 0 Å². The largest absolute Gasteiger partial charge is 0.439 e. The van der Waals surface area contributed by atoms with Gasteiger partial charge in [-0.05, 0) is 42.0 Å². The van der Waals surface area contributed by atoms with E-state index in [4.69, 9.17) is 4.74 Å². The van der Waals surface area contributed by atoms with Gasteiger partial charge in [0.1, 0.15) is 22.3 Å². The fourth-order valence-corrected chi connectivity index (χ4v) is 3.29. The summed E-state index contributed by atoms with van der Waals surface area (Å²) in [6.45, 7) is -0.113. The van der Waals surface area contributed by atoms with E-state index in [1.54, 1.807) is 48.7 Å². The molecule has 1 aromatic heterocycles. The Kier molecular flexibility index (Phi) is 5.24. The summed E-state index contributed by atoms with van der Waals surface area (Å²) in [6.07, 6.45) is 1.58. The first kappa shape index (κ1) is 18.0. The molecule has 134 valence electrons. The number of ether oxygens (including phenoxy) is 1. The minimum absolute atomic E-state index is 0.113. The Balaban J connectivity index is 1.73. The van der Waals surface area contributed by atoms with Crippen LogP contribution in [0.1, 0.15) is 5.56 Å². The van der Waals surface area contributed by atoms with Gasteiger partial charge in [-0.2, -0.15) is 0 Å². The van der Waals surface area contributed by atoms with Gasteiger partial charge in [-0.25, -0.2) is 26.9 Å². The Morgan fingerprint density at radius 3 is 2.62 bits per heavy atom. The average Bonchev–Trinajstić information content (AvgIpc) is 2.63. The molecule has 0 spiro atoms. The molecule has 5 nitrogen and oxygen atoms in total. The van der Waals surface area contributed by atoms with Crippen LogP contribution in [0.5, 0.6) is 11.6 Å². The molecule has 1 heterocycles. The van der Waals surface area contributed by atoms with E-state index in [0.717, 1.165) is 12.1 Å². The summed E-state index contributed by atoms with van der Waals surface area (Å²) in [6, 6.07) is 14.1. The van der Waals surface area contributed by atoms with Crippen LogP contribution in [0.2, 0.25) is 0 Å². The van der Waals surface area contributed by atoms with E-state index in [1.165, 1.54) is 0 Å². The van der Waals surface area contributed by atoms with Crippen molar-refractivity contribution in [3.8, 4) is 11.6 Å². The average molecular weight is 376 g/mol. The molecule has 8 heteroatoms. The molecule has 0 saturated heterocycles. The van der Waals surface area contributed by atoms with E-state index in [1.807, 2.05) is 0 Å². The molecular formula is C18H14F2N2O3S. The molecule has 0 fully saturated rings. The third-order valence-corrected chi connectivity index (χ3v) is 4.82. The van der Waals surface area contributed by atoms with Crippen LogP contribution in [0, 0.1) is 11.6 Å². The Labute approximate surface area is 149 Å². The molecule has 0 bridgehead atoms. The van der Waals surface area contributed by atoms with Gasteiger partial charge in [0.2, 0.25) is 15.9 Å². The van der Waals surface area contributed by atoms with E-state index in [9.17, 15) is 17.2 Å². The molecule has 0 amide bonds. The lowest BCUT2D eigenvalue weighted by Crippen LogP contribution is -2.24. The zero-order valence-corrected chi connectivity index (χ0v) is 14.2. The first-order valence-electron chi connectivity index (χ1n) is 7.56. The zero-order valence-electron chi connectivity index (χ0n) is 13.4. The standard InChI is InChI=1S/C18H14F2N2O3S/c19-14-7-8-16(20)17(11-14)26(23,24)22-12-13-4-3-5-15(10-13)25-18-6-1-2-9-21-18/h1-11,22H,12H2. The van der Waals surface area contributed by atoms with E-state index < -0.39 is 26.6 Å². The number of halogens is 2. The normalized spacial score (nSPS) is 11.3. The number of hydrogen-bond donors (Lipinski definition) is 1. The highest BCUT2D eigenvalue weighted by Crippen LogP contribution is 2.21. The lowest BCUT2D eigenvalue weighted by molar-refractivity contribution is 0.462. The SMILES string of the molecule is O=S(=O)(NCc1cccc(Oc2ccccn2)c1)c1cc(F)ccc1F. The Morgan fingerprint density at radius 1 is 1.00 bits per heavy atom. The lowest BCUT2D eigenvalue weighted by Gasteiger charge is -2.09. The molecular weight excluding hydrogens is 362 g/mol. The Bertz CT molecular complexity index is 1010. The molecule has 0 unspecified atom stereocenters. The van der Waals surface area contributed by atoms with Gasteiger partial charge in [0.05, 0.1) is 0 Å². The number of rotatable bonds is 6. The van der Waals surface area contributed by atoms with Gasteiger partial charge >= 0.3 is 0 Å². The van der Waals surface area contributed by atoms with Gasteiger partial charge in [-0.1, -0.05) is 18.2 Å². The van der Waals surface area contributed by atoms with Crippen molar-refractivity contribution in [2.75, 3.05) is 0 Å². The second-order valence-corrected chi connectivity index (χ2v) is 7.05. The van der Waals surface area contributed by atoms with Crippen molar-refractivity contribution in [2.45, 2.75) is 11.4 Å². The quantitative estimate of drug-likeness (QED) is 0.713. The third-order valence-electron chi connectivity index (χ3n) is 3.41. The van der Waals surface area contributed by atoms with Crippen molar-refractivity contribution in [3.63, 3.8) is 0 Å². The molecule has 3 aromatic rings. The fourth-order valence-electron chi connectivity index (χ4n) is 2.19. The summed E-state index contributed by atoms with van der Waals surface area (Å²) in [7, 11) is -4.20. The number of pyridine rings is 1. The van der Waals surface area contributed by atoms with E-state index in [2.05, 4.69) is 9.71 Å². The minimum atomic E-state index is -4.20. The maximum atomic E-state index is 13.7. The third kappa shape index (κ3) is 4.41. The number of aromatic nitrogens is 1. The van der Waals surface area contributed by atoms with Crippen molar-refractivity contribution in [1.82, 2.24) is 9.71 Å². The summed E-state index contributed by atoms with van der Waals surface area (Å²) in [5.41, 5.74) is 0.582. The summed E-state index contributed by atoms with van der Waals surface area (Å²) in [5.74, 6) is -0.993. The first-order chi connectivity index (χ1) is 12.4. The van der Waals surface area contributed by atoms with E-state index >= 15 is 0 Å².